The molecular weight excluding hydrogens is 370 g/mol. The number of rotatable bonds is 4. The summed E-state index contributed by atoms with van der Waals surface area (Å²) in [5.74, 6) is 0.722. The minimum atomic E-state index is -0.0142. The monoisotopic (exact) mass is 391 g/mol. The predicted molar refractivity (Wildman–Crippen MR) is 106 cm³/mol. The molecule has 0 unspecified atom stereocenters. The first-order chi connectivity index (χ1) is 14.1. The van der Waals surface area contributed by atoms with Crippen LogP contribution in [-0.4, -0.2) is 63.1 Å². The molecule has 9 nitrogen and oxygen atoms in total. The molecule has 0 radical (unpaired) electrons. The van der Waals surface area contributed by atoms with Crippen molar-refractivity contribution in [2.24, 2.45) is 7.05 Å². The van der Waals surface area contributed by atoms with Gasteiger partial charge in [-0.25, -0.2) is 9.97 Å². The van der Waals surface area contributed by atoms with E-state index in [9.17, 15) is 10.1 Å². The third-order valence-electron chi connectivity index (χ3n) is 4.93. The minimum Gasteiger partial charge on any atom is -0.483 e. The first-order valence-electron chi connectivity index (χ1n) is 9.38. The normalized spacial score (nSPS) is 14.0. The highest BCUT2D eigenvalue weighted by molar-refractivity contribution is 5.88. The summed E-state index contributed by atoms with van der Waals surface area (Å²) >= 11 is 0. The van der Waals surface area contributed by atoms with E-state index in [0.717, 1.165) is 24.2 Å². The number of aromatic nitrogens is 4. The van der Waals surface area contributed by atoms with Crippen LogP contribution in [0, 0.1) is 18.3 Å². The van der Waals surface area contributed by atoms with Gasteiger partial charge in [-0.2, -0.15) is 10.2 Å². The zero-order chi connectivity index (χ0) is 20.4. The van der Waals surface area contributed by atoms with Crippen molar-refractivity contribution in [3.63, 3.8) is 0 Å². The molecule has 1 aromatic carbocycles. The number of aryl methyl sites for hydroxylation is 2. The van der Waals surface area contributed by atoms with E-state index in [0.29, 0.717) is 35.7 Å². The molecule has 2 aromatic heterocycles. The molecule has 0 aliphatic carbocycles. The first kappa shape index (κ1) is 18.8. The summed E-state index contributed by atoms with van der Waals surface area (Å²) in [5.41, 5.74) is 3.51. The summed E-state index contributed by atoms with van der Waals surface area (Å²) in [6, 6.07) is 7.59. The van der Waals surface area contributed by atoms with E-state index in [-0.39, 0.29) is 18.3 Å². The van der Waals surface area contributed by atoms with Gasteiger partial charge in [-0.15, -0.1) is 0 Å². The topological polar surface area (TPSA) is 109 Å². The summed E-state index contributed by atoms with van der Waals surface area (Å²) < 4.78 is 7.52. The lowest BCUT2D eigenvalue weighted by Crippen LogP contribution is -2.47. The smallest absolute Gasteiger partial charge is 0.260 e. The van der Waals surface area contributed by atoms with E-state index in [1.807, 2.05) is 43.1 Å². The number of hydrogen-bond donors (Lipinski definition) is 1. The Morgan fingerprint density at radius 3 is 2.83 bits per heavy atom. The van der Waals surface area contributed by atoms with Gasteiger partial charge in [0.25, 0.3) is 5.91 Å². The number of imidazole rings is 1. The Hall–Kier alpha value is -3.51. The van der Waals surface area contributed by atoms with Crippen molar-refractivity contribution in [1.29, 1.82) is 5.26 Å². The number of nitriles is 1. The molecule has 0 atom stereocenters. The highest BCUT2D eigenvalue weighted by Gasteiger charge is 2.18. The van der Waals surface area contributed by atoms with Crippen molar-refractivity contribution >= 4 is 17.1 Å². The highest BCUT2D eigenvalue weighted by atomic mass is 16.5. The number of carbonyl (C=O) groups is 1. The SMILES string of the molecule is Cc1cc(-c2nc(C#N)nc3c2ncn3C)ccc1OCC(=O)N1CCNCC1. The van der Waals surface area contributed by atoms with Gasteiger partial charge in [0.05, 0.1) is 6.33 Å². The molecular formula is C20H21N7O2. The number of benzene rings is 1. The van der Waals surface area contributed by atoms with Crippen LogP contribution in [0.2, 0.25) is 0 Å². The third kappa shape index (κ3) is 3.75. The van der Waals surface area contributed by atoms with Gasteiger partial charge < -0.3 is 19.5 Å². The molecule has 1 aliphatic rings. The fourth-order valence-corrected chi connectivity index (χ4v) is 3.36. The predicted octanol–water partition coefficient (Wildman–Crippen LogP) is 1.02. The second kappa shape index (κ2) is 7.85. The zero-order valence-electron chi connectivity index (χ0n) is 16.3. The van der Waals surface area contributed by atoms with Crippen LogP contribution >= 0.6 is 0 Å². The van der Waals surface area contributed by atoms with Gasteiger partial charge in [-0.3, -0.25) is 4.79 Å². The maximum atomic E-state index is 12.3. The van der Waals surface area contributed by atoms with Crippen molar-refractivity contribution in [3.05, 3.63) is 35.9 Å². The van der Waals surface area contributed by atoms with E-state index < -0.39 is 0 Å². The lowest BCUT2D eigenvalue weighted by Gasteiger charge is -2.27. The van der Waals surface area contributed by atoms with Crippen molar-refractivity contribution in [2.45, 2.75) is 6.92 Å². The van der Waals surface area contributed by atoms with Crippen LogP contribution in [0.15, 0.2) is 24.5 Å². The second-order valence-electron chi connectivity index (χ2n) is 6.94. The van der Waals surface area contributed by atoms with Gasteiger partial charge in [0, 0.05) is 38.8 Å². The first-order valence-corrected chi connectivity index (χ1v) is 9.38. The number of ether oxygens (including phenoxy) is 1. The number of nitrogens with one attached hydrogen (secondary N) is 1. The number of piperazine rings is 1. The Bertz CT molecular complexity index is 1110. The summed E-state index contributed by atoms with van der Waals surface area (Å²) in [4.78, 5) is 27.1. The van der Waals surface area contributed by atoms with Gasteiger partial charge in [0.2, 0.25) is 5.82 Å². The molecule has 1 amide bonds. The van der Waals surface area contributed by atoms with E-state index >= 15 is 0 Å². The van der Waals surface area contributed by atoms with Crippen molar-refractivity contribution in [1.82, 2.24) is 29.7 Å². The minimum absolute atomic E-state index is 0.0107. The van der Waals surface area contributed by atoms with Crippen LogP contribution in [0.3, 0.4) is 0 Å². The molecule has 1 saturated heterocycles. The molecule has 1 aliphatic heterocycles. The quantitative estimate of drug-likeness (QED) is 0.707. The average molecular weight is 391 g/mol. The lowest BCUT2D eigenvalue weighted by atomic mass is 10.1. The molecule has 3 aromatic rings. The standard InChI is InChI=1S/C20H21N7O2/c1-13-9-14(18-19-20(26(2)12-23-19)25-16(10-21)24-18)3-4-15(13)29-11-17(28)27-7-5-22-6-8-27/h3-4,9,12,22H,5-8,11H2,1-2H3. The summed E-state index contributed by atoms with van der Waals surface area (Å²) in [7, 11) is 1.82. The zero-order valence-corrected chi connectivity index (χ0v) is 16.3. The molecule has 1 N–H and O–H groups in total. The fraction of sp³-hybridized carbons (Fsp3) is 0.350. The Morgan fingerprint density at radius 1 is 1.31 bits per heavy atom. The Morgan fingerprint density at radius 2 is 2.10 bits per heavy atom. The van der Waals surface area contributed by atoms with Crippen LogP contribution in [-0.2, 0) is 11.8 Å². The number of nitrogens with zero attached hydrogens (tertiary/aromatic N) is 6. The summed E-state index contributed by atoms with van der Waals surface area (Å²) in [5, 5.41) is 12.5. The Labute approximate surface area is 168 Å². The van der Waals surface area contributed by atoms with Gasteiger partial charge in [-0.05, 0) is 30.7 Å². The van der Waals surface area contributed by atoms with E-state index in [4.69, 9.17) is 4.74 Å². The third-order valence-corrected chi connectivity index (χ3v) is 4.93. The average Bonchev–Trinajstić information content (AvgIpc) is 3.13. The number of carbonyl (C=O) groups excluding carboxylic acids is 1. The number of hydrogen-bond acceptors (Lipinski definition) is 7. The van der Waals surface area contributed by atoms with E-state index in [1.165, 1.54) is 0 Å². The van der Waals surface area contributed by atoms with Gasteiger partial charge in [0.15, 0.2) is 12.3 Å². The molecule has 9 heteroatoms. The molecule has 3 heterocycles. The maximum absolute atomic E-state index is 12.3. The van der Waals surface area contributed by atoms with Crippen LogP contribution in [0.1, 0.15) is 11.4 Å². The van der Waals surface area contributed by atoms with Crippen LogP contribution in [0.5, 0.6) is 5.75 Å². The van der Waals surface area contributed by atoms with Gasteiger partial charge in [-0.1, -0.05) is 0 Å². The van der Waals surface area contributed by atoms with Crippen LogP contribution < -0.4 is 10.1 Å². The number of amides is 1. The van der Waals surface area contributed by atoms with Crippen molar-refractivity contribution in [3.8, 4) is 23.1 Å². The van der Waals surface area contributed by atoms with Crippen LogP contribution in [0.25, 0.3) is 22.4 Å². The van der Waals surface area contributed by atoms with Gasteiger partial charge >= 0.3 is 0 Å². The van der Waals surface area contributed by atoms with Gasteiger partial charge in [0.1, 0.15) is 23.0 Å². The molecule has 4 rings (SSSR count). The molecule has 0 saturated carbocycles. The Balaban J connectivity index is 1.57. The van der Waals surface area contributed by atoms with Crippen molar-refractivity contribution < 1.29 is 9.53 Å². The molecule has 1 fully saturated rings. The Kier molecular flexibility index (Phi) is 5.10. The fourth-order valence-electron chi connectivity index (χ4n) is 3.36. The van der Waals surface area contributed by atoms with Crippen LogP contribution in [0.4, 0.5) is 0 Å². The summed E-state index contributed by atoms with van der Waals surface area (Å²) in [6.07, 6.45) is 1.65. The molecule has 29 heavy (non-hydrogen) atoms. The summed E-state index contributed by atoms with van der Waals surface area (Å²) in [6.45, 7) is 4.95. The molecule has 0 spiro atoms. The largest absolute Gasteiger partial charge is 0.483 e. The number of fused-ring (bicyclic) bond motifs is 1. The maximum Gasteiger partial charge on any atom is 0.260 e. The second-order valence-corrected chi connectivity index (χ2v) is 6.94. The van der Waals surface area contributed by atoms with E-state index in [1.54, 1.807) is 10.9 Å². The molecule has 148 valence electrons. The van der Waals surface area contributed by atoms with Crippen molar-refractivity contribution in [2.75, 3.05) is 32.8 Å². The van der Waals surface area contributed by atoms with E-state index in [2.05, 4.69) is 20.3 Å². The lowest BCUT2D eigenvalue weighted by molar-refractivity contribution is -0.133. The molecule has 0 bridgehead atoms. The highest BCUT2D eigenvalue weighted by Crippen LogP contribution is 2.29.